The van der Waals surface area contributed by atoms with Gasteiger partial charge in [0.05, 0.1) is 11.5 Å². The van der Waals surface area contributed by atoms with Crippen molar-refractivity contribution >= 4 is 17.3 Å². The molecule has 0 fully saturated rings. The number of alkyl halides is 8. The molecule has 6 nitrogen and oxygen atoms in total. The van der Waals surface area contributed by atoms with Crippen LogP contribution in [0.4, 0.5) is 36.4 Å². The third-order valence-corrected chi connectivity index (χ3v) is 3.52. The van der Waals surface area contributed by atoms with E-state index in [9.17, 15) is 40.8 Å². The molecule has 0 bridgehead atoms. The molecule has 1 aromatic heterocycles. The van der Waals surface area contributed by atoms with E-state index < -0.39 is 40.6 Å². The van der Waals surface area contributed by atoms with Crippen LogP contribution in [0.2, 0.25) is 0 Å². The number of halogens is 8. The number of aromatic nitrogens is 3. The predicted octanol–water partition coefficient (Wildman–Crippen LogP) is 4.49. The van der Waals surface area contributed by atoms with Crippen molar-refractivity contribution < 1.29 is 35.7 Å². The van der Waals surface area contributed by atoms with Crippen molar-refractivity contribution in [2.75, 3.05) is 0 Å². The zero-order valence-corrected chi connectivity index (χ0v) is 13.8. The van der Waals surface area contributed by atoms with Gasteiger partial charge < -0.3 is 0 Å². The Hall–Kier alpha value is -2.44. The molecule has 0 saturated heterocycles. The molecule has 27 heavy (non-hydrogen) atoms. The second kappa shape index (κ2) is 6.62. The first-order valence-electron chi connectivity index (χ1n) is 6.85. The van der Waals surface area contributed by atoms with Crippen molar-refractivity contribution in [3.63, 3.8) is 0 Å². The third-order valence-electron chi connectivity index (χ3n) is 3.35. The summed E-state index contributed by atoms with van der Waals surface area (Å²) in [4.78, 5) is 12.6. The predicted molar refractivity (Wildman–Crippen MR) is 76.7 cm³/mol. The number of nitro groups is 1. The van der Waals surface area contributed by atoms with E-state index in [1.807, 2.05) is 0 Å². The highest BCUT2D eigenvalue weighted by molar-refractivity contribution is 6.21. The van der Waals surface area contributed by atoms with E-state index in [2.05, 4.69) is 10.1 Å². The van der Waals surface area contributed by atoms with Gasteiger partial charge in [0.1, 0.15) is 0 Å². The molecule has 1 aromatic carbocycles. The fourth-order valence-electron chi connectivity index (χ4n) is 2.12. The molecule has 0 aliphatic rings. The number of benzene rings is 1. The van der Waals surface area contributed by atoms with Crippen molar-refractivity contribution in [2.45, 2.75) is 30.9 Å². The minimum atomic E-state index is -6.11. The van der Waals surface area contributed by atoms with Gasteiger partial charge in [0.2, 0.25) is 11.6 Å². The van der Waals surface area contributed by atoms with E-state index in [-0.39, 0.29) is 21.5 Å². The van der Waals surface area contributed by atoms with Crippen LogP contribution in [0.25, 0.3) is 0 Å². The van der Waals surface area contributed by atoms with Gasteiger partial charge in [0.25, 0.3) is 5.69 Å². The Morgan fingerprint density at radius 2 is 1.78 bits per heavy atom. The molecule has 0 atom stereocenters. The molecule has 0 unspecified atom stereocenters. The van der Waals surface area contributed by atoms with E-state index in [0.29, 0.717) is 0 Å². The van der Waals surface area contributed by atoms with Crippen LogP contribution in [0.3, 0.4) is 0 Å². The summed E-state index contributed by atoms with van der Waals surface area (Å²) in [6, 6.07) is 3.29. The van der Waals surface area contributed by atoms with E-state index >= 15 is 0 Å². The molecule has 1 heterocycles. The molecular formula is C13H8ClF7N4O2. The summed E-state index contributed by atoms with van der Waals surface area (Å²) in [5, 5.41) is 9.20. The molecule has 14 heteroatoms. The van der Waals surface area contributed by atoms with E-state index in [1.165, 1.54) is 6.92 Å². The SMILES string of the molecule is Cc1cc(Cn2nc(C(F)(F)C(F)(F)F)nc2C(F)(F)Cl)ccc1[N+](=O)[O-]. The van der Waals surface area contributed by atoms with Crippen molar-refractivity contribution in [1.29, 1.82) is 0 Å². The lowest BCUT2D eigenvalue weighted by molar-refractivity contribution is -0.385. The molecular weight excluding hydrogens is 413 g/mol. The van der Waals surface area contributed by atoms with Gasteiger partial charge >= 0.3 is 17.5 Å². The van der Waals surface area contributed by atoms with Gasteiger partial charge in [-0.25, -0.2) is 9.67 Å². The minimum absolute atomic E-state index is 0.0621. The average Bonchev–Trinajstić information content (AvgIpc) is 2.90. The maximum Gasteiger partial charge on any atom is 0.461 e. The Bertz CT molecular complexity index is 877. The van der Waals surface area contributed by atoms with E-state index in [0.717, 1.165) is 18.2 Å². The summed E-state index contributed by atoms with van der Waals surface area (Å²) in [6.45, 7) is 0.598. The molecule has 0 saturated carbocycles. The van der Waals surface area contributed by atoms with Crippen LogP contribution in [0.15, 0.2) is 18.2 Å². The van der Waals surface area contributed by atoms with Crippen molar-refractivity contribution in [3.8, 4) is 0 Å². The highest BCUT2D eigenvalue weighted by Gasteiger charge is 2.62. The Balaban J connectivity index is 2.50. The second-order valence-corrected chi connectivity index (χ2v) is 5.84. The monoisotopic (exact) mass is 420 g/mol. The lowest BCUT2D eigenvalue weighted by Gasteiger charge is -2.15. The number of rotatable bonds is 5. The van der Waals surface area contributed by atoms with Crippen LogP contribution < -0.4 is 0 Å². The van der Waals surface area contributed by atoms with Gasteiger partial charge in [-0.3, -0.25) is 10.1 Å². The number of nitrogens with zero attached hydrogens (tertiary/aromatic N) is 4. The second-order valence-electron chi connectivity index (χ2n) is 5.36. The van der Waals surface area contributed by atoms with Crippen LogP contribution in [0.5, 0.6) is 0 Å². The number of aryl methyl sites for hydroxylation is 1. The Kier molecular flexibility index (Phi) is 5.12. The normalized spacial score (nSPS) is 13.1. The molecule has 2 rings (SSSR count). The van der Waals surface area contributed by atoms with E-state index in [1.54, 1.807) is 0 Å². The number of nitro benzene ring substituents is 1. The van der Waals surface area contributed by atoms with Gasteiger partial charge in [-0.05, 0) is 30.2 Å². The largest absolute Gasteiger partial charge is 0.461 e. The van der Waals surface area contributed by atoms with Crippen LogP contribution in [0, 0.1) is 17.0 Å². The van der Waals surface area contributed by atoms with Crippen LogP contribution >= 0.6 is 11.6 Å². The van der Waals surface area contributed by atoms with Crippen LogP contribution in [0.1, 0.15) is 22.8 Å². The smallest absolute Gasteiger partial charge is 0.258 e. The fourth-order valence-corrected chi connectivity index (χ4v) is 2.26. The standard InChI is InChI=1S/C13H8ClF7N4O2/c1-6-4-7(2-3-8(6)25(26)27)5-24-10(12(14,17)18)22-9(23-24)11(15,16)13(19,20)21/h2-4H,5H2,1H3. The zero-order chi connectivity index (χ0) is 20.8. The zero-order valence-electron chi connectivity index (χ0n) is 13.1. The third kappa shape index (κ3) is 4.12. The first-order valence-corrected chi connectivity index (χ1v) is 7.23. The van der Waals surface area contributed by atoms with Gasteiger partial charge in [0, 0.05) is 11.6 Å². The first-order chi connectivity index (χ1) is 12.1. The lowest BCUT2D eigenvalue weighted by atomic mass is 10.1. The molecule has 0 aliphatic carbocycles. The Morgan fingerprint density at radius 1 is 1.19 bits per heavy atom. The summed E-state index contributed by atoms with van der Waals surface area (Å²) < 4.78 is 90.9. The molecule has 0 spiro atoms. The molecule has 0 radical (unpaired) electrons. The summed E-state index contributed by atoms with van der Waals surface area (Å²) >= 11 is 4.73. The van der Waals surface area contributed by atoms with Crippen LogP contribution in [-0.2, 0) is 17.8 Å². The molecule has 0 amide bonds. The Labute approximate surface area is 150 Å². The number of hydrogen-bond donors (Lipinski definition) is 0. The topological polar surface area (TPSA) is 73.8 Å². The van der Waals surface area contributed by atoms with Gasteiger partial charge in [-0.1, -0.05) is 6.07 Å². The summed E-state index contributed by atoms with van der Waals surface area (Å²) in [6.07, 6.45) is -6.11. The quantitative estimate of drug-likeness (QED) is 0.309. The van der Waals surface area contributed by atoms with Crippen molar-refractivity contribution in [1.82, 2.24) is 14.8 Å². The molecule has 0 N–H and O–H groups in total. The van der Waals surface area contributed by atoms with Crippen molar-refractivity contribution in [2.24, 2.45) is 0 Å². The summed E-state index contributed by atoms with van der Waals surface area (Å²) in [5.74, 6) is -9.40. The van der Waals surface area contributed by atoms with Gasteiger partial charge in [-0.15, -0.1) is 5.10 Å². The lowest BCUT2D eigenvalue weighted by Crippen LogP contribution is -2.35. The molecule has 2 aromatic rings. The van der Waals surface area contributed by atoms with Gasteiger partial charge in [0.15, 0.2) is 0 Å². The minimum Gasteiger partial charge on any atom is -0.258 e. The number of hydrogen-bond acceptors (Lipinski definition) is 4. The molecule has 0 aliphatic heterocycles. The first kappa shape index (κ1) is 20.9. The maximum absolute atomic E-state index is 13.4. The average molecular weight is 421 g/mol. The van der Waals surface area contributed by atoms with Crippen molar-refractivity contribution in [3.05, 3.63) is 51.1 Å². The summed E-state index contributed by atoms with van der Waals surface area (Å²) in [7, 11) is 0. The van der Waals surface area contributed by atoms with Crippen LogP contribution in [-0.4, -0.2) is 25.9 Å². The fraction of sp³-hybridized carbons (Fsp3) is 0.385. The highest BCUT2D eigenvalue weighted by Crippen LogP contribution is 2.43. The molecule has 148 valence electrons. The summed E-state index contributed by atoms with van der Waals surface area (Å²) in [5.41, 5.74) is -0.130. The Morgan fingerprint density at radius 3 is 2.22 bits per heavy atom. The highest BCUT2D eigenvalue weighted by atomic mass is 35.5. The maximum atomic E-state index is 13.4. The van der Waals surface area contributed by atoms with Gasteiger partial charge in [-0.2, -0.15) is 30.7 Å². The van der Waals surface area contributed by atoms with E-state index in [4.69, 9.17) is 11.6 Å².